The zero-order chi connectivity index (χ0) is 19.2. The van der Waals surface area contributed by atoms with E-state index in [1.807, 2.05) is 0 Å². The molecule has 0 spiro atoms. The Bertz CT molecular complexity index is 827. The molecule has 1 aliphatic heterocycles. The van der Waals surface area contributed by atoms with Crippen LogP contribution in [-0.4, -0.2) is 28.9 Å². The van der Waals surface area contributed by atoms with Crippen LogP contribution in [0.25, 0.3) is 6.08 Å². The van der Waals surface area contributed by atoms with E-state index in [0.29, 0.717) is 35.1 Å². The van der Waals surface area contributed by atoms with E-state index in [0.717, 1.165) is 49.4 Å². The molecule has 0 radical (unpaired) electrons. The fourth-order valence-electron chi connectivity index (χ4n) is 4.55. The average Bonchev–Trinajstić information content (AvgIpc) is 3.38. The highest BCUT2D eigenvalue weighted by Crippen LogP contribution is 2.67. The molecular weight excluding hydrogens is 336 g/mol. The van der Waals surface area contributed by atoms with Crippen molar-refractivity contribution in [1.82, 2.24) is 15.3 Å². The number of nitrogens with one attached hydrogen (secondary N) is 1. The van der Waals surface area contributed by atoms with Crippen molar-refractivity contribution in [2.24, 2.45) is 27.8 Å². The van der Waals surface area contributed by atoms with Crippen molar-refractivity contribution in [3.8, 4) is 0 Å². The predicted octanol–water partition coefficient (Wildman–Crippen LogP) is 2.95. The summed E-state index contributed by atoms with van der Waals surface area (Å²) in [5.41, 5.74) is 14.9. The first-order chi connectivity index (χ1) is 12.9. The lowest BCUT2D eigenvalue weighted by atomic mass is 9.84. The maximum absolute atomic E-state index is 6.09. The van der Waals surface area contributed by atoms with Gasteiger partial charge in [-0.05, 0) is 56.7 Å². The summed E-state index contributed by atoms with van der Waals surface area (Å²) in [6.45, 7) is 8.44. The van der Waals surface area contributed by atoms with Crippen molar-refractivity contribution in [2.75, 3.05) is 13.1 Å². The topological polar surface area (TPSA) is 102 Å². The average molecular weight is 367 g/mol. The number of hydrogen-bond acceptors (Lipinski definition) is 5. The summed E-state index contributed by atoms with van der Waals surface area (Å²) in [5.74, 6) is 3.46. The summed E-state index contributed by atoms with van der Waals surface area (Å²) in [4.78, 5) is 14.5. The highest BCUT2D eigenvalue weighted by Gasteiger charge is 2.58. The van der Waals surface area contributed by atoms with E-state index in [-0.39, 0.29) is 5.41 Å². The van der Waals surface area contributed by atoms with Crippen molar-refractivity contribution in [1.29, 1.82) is 0 Å². The number of nitrogens with two attached hydrogens (primary N) is 2. The monoisotopic (exact) mass is 366 g/mol. The highest BCUT2D eigenvalue weighted by molar-refractivity contribution is 5.94. The lowest BCUT2D eigenvalue weighted by molar-refractivity contribution is 0.424. The molecular formula is C21H30N6. The minimum atomic E-state index is 0.257. The Morgan fingerprint density at radius 1 is 1.30 bits per heavy atom. The number of aliphatic imine (C=N–C) groups is 1. The number of piperidine rings is 1. The second-order valence-corrected chi connectivity index (χ2v) is 8.51. The fourth-order valence-corrected chi connectivity index (χ4v) is 4.55. The normalized spacial score (nSPS) is 28.2. The fraction of sp³-hybridized carbons (Fsp3) is 0.571. The van der Waals surface area contributed by atoms with E-state index >= 15 is 0 Å². The highest BCUT2D eigenvalue weighted by atomic mass is 15.0. The third kappa shape index (κ3) is 3.27. The molecule has 0 bridgehead atoms. The van der Waals surface area contributed by atoms with Crippen LogP contribution in [0.15, 0.2) is 22.8 Å². The molecule has 0 amide bonds. The summed E-state index contributed by atoms with van der Waals surface area (Å²) < 4.78 is 0. The maximum Gasteiger partial charge on any atom is 0.165 e. The van der Waals surface area contributed by atoms with E-state index in [1.54, 1.807) is 13.0 Å². The minimum Gasteiger partial charge on any atom is -0.402 e. The van der Waals surface area contributed by atoms with Crippen LogP contribution >= 0.6 is 0 Å². The van der Waals surface area contributed by atoms with Crippen LogP contribution < -0.4 is 16.8 Å². The number of nitrogens with zero attached hydrogens (tertiary/aromatic N) is 3. The second-order valence-electron chi connectivity index (χ2n) is 8.51. The van der Waals surface area contributed by atoms with E-state index < -0.39 is 0 Å². The molecule has 2 heterocycles. The molecule has 144 valence electrons. The van der Waals surface area contributed by atoms with Crippen LogP contribution in [0, 0.1) is 11.3 Å². The molecule has 1 aromatic heterocycles. The van der Waals surface area contributed by atoms with E-state index in [2.05, 4.69) is 36.3 Å². The van der Waals surface area contributed by atoms with Gasteiger partial charge in [-0.15, -0.1) is 0 Å². The van der Waals surface area contributed by atoms with Gasteiger partial charge < -0.3 is 16.8 Å². The molecule has 0 aromatic carbocycles. The lowest BCUT2D eigenvalue weighted by Crippen LogP contribution is -2.28. The molecule has 3 aliphatic rings. The maximum atomic E-state index is 6.09. The smallest absolute Gasteiger partial charge is 0.165 e. The van der Waals surface area contributed by atoms with Crippen molar-refractivity contribution >= 4 is 17.7 Å². The van der Waals surface area contributed by atoms with Crippen LogP contribution in [0.5, 0.6) is 0 Å². The first-order valence-electron chi connectivity index (χ1n) is 10.0. The van der Waals surface area contributed by atoms with Gasteiger partial charge in [0.2, 0.25) is 0 Å². The molecule has 2 fully saturated rings. The Balaban J connectivity index is 1.80. The number of amidine groups is 1. The summed E-state index contributed by atoms with van der Waals surface area (Å²) in [7, 11) is 0. The van der Waals surface area contributed by atoms with Crippen molar-refractivity contribution < 1.29 is 0 Å². The number of rotatable bonds is 4. The van der Waals surface area contributed by atoms with Crippen LogP contribution in [0.2, 0.25) is 0 Å². The van der Waals surface area contributed by atoms with Crippen LogP contribution in [0.4, 0.5) is 5.82 Å². The van der Waals surface area contributed by atoms with E-state index in [9.17, 15) is 0 Å². The Hall–Kier alpha value is -2.21. The molecule has 4 rings (SSSR count). The van der Waals surface area contributed by atoms with E-state index in [1.165, 1.54) is 0 Å². The first kappa shape index (κ1) is 18.2. The summed E-state index contributed by atoms with van der Waals surface area (Å²) >= 11 is 0. The van der Waals surface area contributed by atoms with Crippen molar-refractivity contribution in [3.63, 3.8) is 0 Å². The van der Waals surface area contributed by atoms with Gasteiger partial charge in [0.05, 0.1) is 5.69 Å². The van der Waals surface area contributed by atoms with Crippen LogP contribution in [-0.2, 0) is 0 Å². The second kappa shape index (κ2) is 6.75. The Morgan fingerprint density at radius 2 is 2.04 bits per heavy atom. The summed E-state index contributed by atoms with van der Waals surface area (Å²) in [5, 5.41) is 3.42. The minimum absolute atomic E-state index is 0.257. The quantitative estimate of drug-likeness (QED) is 0.562. The van der Waals surface area contributed by atoms with Gasteiger partial charge >= 0.3 is 0 Å². The Kier molecular flexibility index (Phi) is 4.54. The SMILES string of the molecule is CC(N)=CC(N)=Nc1nc(C2CCNCC2)nc2c1C=CC1(C(C)C)CC21. The zero-order valence-electron chi connectivity index (χ0n) is 16.5. The van der Waals surface area contributed by atoms with Gasteiger partial charge in [-0.1, -0.05) is 26.0 Å². The Labute approximate surface area is 161 Å². The van der Waals surface area contributed by atoms with Gasteiger partial charge in [0, 0.05) is 23.1 Å². The molecule has 1 saturated heterocycles. The molecule has 6 heteroatoms. The van der Waals surface area contributed by atoms with Gasteiger partial charge in [-0.2, -0.15) is 0 Å². The van der Waals surface area contributed by atoms with Gasteiger partial charge in [0.15, 0.2) is 5.82 Å². The van der Waals surface area contributed by atoms with Gasteiger partial charge in [-0.25, -0.2) is 15.0 Å². The Morgan fingerprint density at radius 3 is 2.70 bits per heavy atom. The molecule has 1 aromatic rings. The van der Waals surface area contributed by atoms with E-state index in [4.69, 9.17) is 21.4 Å². The van der Waals surface area contributed by atoms with Crippen molar-refractivity contribution in [3.05, 3.63) is 34.9 Å². The molecule has 6 nitrogen and oxygen atoms in total. The standard InChI is InChI=1S/C21H30N6/c1-12(2)21-7-4-15-18(16(21)11-21)26-19(14-5-8-24-9-6-14)27-20(15)25-17(23)10-13(3)22/h4,7,10,12,14,16,24H,5-6,8-9,11,22H2,1-3H3,(H2,23,25,26,27). The largest absolute Gasteiger partial charge is 0.402 e. The number of aromatic nitrogens is 2. The molecule has 1 saturated carbocycles. The van der Waals surface area contributed by atoms with Gasteiger partial charge in [-0.3, -0.25) is 0 Å². The molecule has 2 atom stereocenters. The number of hydrogen-bond donors (Lipinski definition) is 3. The lowest BCUT2D eigenvalue weighted by Gasteiger charge is -2.25. The zero-order valence-corrected chi connectivity index (χ0v) is 16.5. The van der Waals surface area contributed by atoms with Crippen molar-refractivity contribution in [2.45, 2.75) is 51.9 Å². The third-order valence-electron chi connectivity index (χ3n) is 6.30. The molecule has 2 unspecified atom stereocenters. The molecule has 5 N–H and O–H groups in total. The summed E-state index contributed by atoms with van der Waals surface area (Å²) in [6, 6.07) is 0. The predicted molar refractivity (Wildman–Crippen MR) is 110 cm³/mol. The first-order valence-corrected chi connectivity index (χ1v) is 10.0. The van der Waals surface area contributed by atoms with Gasteiger partial charge in [0.25, 0.3) is 0 Å². The van der Waals surface area contributed by atoms with Crippen LogP contribution in [0.3, 0.4) is 0 Å². The molecule has 2 aliphatic carbocycles. The molecule has 27 heavy (non-hydrogen) atoms. The van der Waals surface area contributed by atoms with Gasteiger partial charge in [0.1, 0.15) is 11.7 Å². The number of fused-ring (bicyclic) bond motifs is 3. The number of allylic oxidation sites excluding steroid dienone is 2. The summed E-state index contributed by atoms with van der Waals surface area (Å²) in [6.07, 6.45) is 9.48. The van der Waals surface area contributed by atoms with Crippen LogP contribution in [0.1, 0.15) is 69.0 Å². The third-order valence-corrected chi connectivity index (χ3v) is 6.30.